The molecule has 1 rings (SSSR count). The molecule has 0 radical (unpaired) electrons. The number of hydrogen-bond acceptors (Lipinski definition) is 2. The molecule has 0 spiro atoms. The van der Waals surface area contributed by atoms with Gasteiger partial charge in [-0.1, -0.05) is 12.8 Å². The number of nitriles is 1. The molecule has 1 aliphatic rings. The summed E-state index contributed by atoms with van der Waals surface area (Å²) in [7, 11) is 0. The van der Waals surface area contributed by atoms with E-state index in [-0.39, 0.29) is 11.5 Å². The first-order valence-electron chi connectivity index (χ1n) is 3.88. The average Bonchev–Trinajstić information content (AvgIpc) is 2.35. The molecule has 0 aromatic heterocycles. The van der Waals surface area contributed by atoms with Crippen LogP contribution < -0.4 is 5.73 Å². The summed E-state index contributed by atoms with van der Waals surface area (Å²) in [6.45, 7) is 1.94. The van der Waals surface area contributed by atoms with Crippen molar-refractivity contribution in [1.82, 2.24) is 0 Å². The topological polar surface area (TPSA) is 49.8 Å². The highest BCUT2D eigenvalue weighted by atomic mass is 14.7. The van der Waals surface area contributed by atoms with Gasteiger partial charge in [0, 0.05) is 6.04 Å². The van der Waals surface area contributed by atoms with Crippen LogP contribution in [-0.4, -0.2) is 6.04 Å². The lowest BCUT2D eigenvalue weighted by molar-refractivity contribution is 0.340. The molecule has 0 unspecified atom stereocenters. The van der Waals surface area contributed by atoms with Gasteiger partial charge in [0.25, 0.3) is 0 Å². The van der Waals surface area contributed by atoms with E-state index in [2.05, 4.69) is 6.07 Å². The summed E-state index contributed by atoms with van der Waals surface area (Å²) in [6, 6.07) is 2.39. The number of hydrogen-bond donors (Lipinski definition) is 1. The molecule has 2 N–H and O–H groups in total. The summed E-state index contributed by atoms with van der Waals surface area (Å²) in [5.41, 5.74) is 5.54. The molecule has 0 aromatic rings. The zero-order valence-electron chi connectivity index (χ0n) is 6.43. The van der Waals surface area contributed by atoms with Crippen LogP contribution in [0, 0.1) is 16.7 Å². The number of nitrogens with two attached hydrogens (primary N) is 1. The highest BCUT2D eigenvalue weighted by Gasteiger charge is 2.37. The molecule has 0 amide bonds. The zero-order chi connectivity index (χ0) is 7.61. The Morgan fingerprint density at radius 2 is 2.00 bits per heavy atom. The third-order valence-electron chi connectivity index (χ3n) is 2.59. The largest absolute Gasteiger partial charge is 0.327 e. The Bertz CT molecular complexity index is 149. The predicted molar refractivity (Wildman–Crippen MR) is 40.2 cm³/mol. The Labute approximate surface area is 62.0 Å². The molecule has 56 valence electrons. The van der Waals surface area contributed by atoms with E-state index in [1.54, 1.807) is 0 Å². The van der Waals surface area contributed by atoms with Gasteiger partial charge in [-0.3, -0.25) is 0 Å². The second-order valence-electron chi connectivity index (χ2n) is 3.26. The lowest BCUT2D eigenvalue weighted by Gasteiger charge is -2.24. The Hall–Kier alpha value is -0.550. The SMILES string of the molecule is C[C@H](N)C1(C#N)CCCC1. The predicted octanol–water partition coefficient (Wildman–Crippen LogP) is 1.42. The molecule has 0 bridgehead atoms. The molecule has 0 heterocycles. The second-order valence-corrected chi connectivity index (χ2v) is 3.26. The summed E-state index contributed by atoms with van der Waals surface area (Å²) in [4.78, 5) is 0. The molecule has 2 nitrogen and oxygen atoms in total. The zero-order valence-corrected chi connectivity index (χ0v) is 6.43. The van der Waals surface area contributed by atoms with Gasteiger partial charge < -0.3 is 5.73 Å². The van der Waals surface area contributed by atoms with E-state index in [9.17, 15) is 0 Å². The van der Waals surface area contributed by atoms with Crippen molar-refractivity contribution < 1.29 is 0 Å². The van der Waals surface area contributed by atoms with Crippen molar-refractivity contribution in [3.63, 3.8) is 0 Å². The molecular formula is C8H14N2. The van der Waals surface area contributed by atoms with Crippen LogP contribution in [0.1, 0.15) is 32.6 Å². The van der Waals surface area contributed by atoms with Crippen LogP contribution in [0.5, 0.6) is 0 Å². The quantitative estimate of drug-likeness (QED) is 0.595. The van der Waals surface area contributed by atoms with E-state index >= 15 is 0 Å². The van der Waals surface area contributed by atoms with Crippen LogP contribution >= 0.6 is 0 Å². The minimum Gasteiger partial charge on any atom is -0.327 e. The van der Waals surface area contributed by atoms with Crippen LogP contribution in [0.4, 0.5) is 0 Å². The lowest BCUT2D eigenvalue weighted by atomic mass is 9.81. The molecule has 0 aromatic carbocycles. The van der Waals surface area contributed by atoms with Gasteiger partial charge in [-0.25, -0.2) is 0 Å². The summed E-state index contributed by atoms with van der Waals surface area (Å²) < 4.78 is 0. The monoisotopic (exact) mass is 138 g/mol. The summed E-state index contributed by atoms with van der Waals surface area (Å²) in [5, 5.41) is 8.86. The maximum Gasteiger partial charge on any atom is 0.0721 e. The molecule has 2 heteroatoms. The van der Waals surface area contributed by atoms with Crippen LogP contribution in [0.2, 0.25) is 0 Å². The van der Waals surface area contributed by atoms with Crippen LogP contribution in [-0.2, 0) is 0 Å². The van der Waals surface area contributed by atoms with E-state index in [0.717, 1.165) is 12.8 Å². The lowest BCUT2D eigenvalue weighted by Crippen LogP contribution is -2.35. The Balaban J connectivity index is 2.70. The maximum absolute atomic E-state index is 8.86. The van der Waals surface area contributed by atoms with Gasteiger partial charge >= 0.3 is 0 Å². The van der Waals surface area contributed by atoms with Gasteiger partial charge in [0.1, 0.15) is 0 Å². The van der Waals surface area contributed by atoms with Gasteiger partial charge in [0.2, 0.25) is 0 Å². The van der Waals surface area contributed by atoms with Gasteiger partial charge in [-0.2, -0.15) is 5.26 Å². The van der Waals surface area contributed by atoms with Gasteiger partial charge in [-0.05, 0) is 19.8 Å². The fourth-order valence-electron chi connectivity index (χ4n) is 1.67. The van der Waals surface area contributed by atoms with E-state index in [1.165, 1.54) is 12.8 Å². The highest BCUT2D eigenvalue weighted by Crippen LogP contribution is 2.39. The molecule has 1 fully saturated rings. The Morgan fingerprint density at radius 1 is 1.50 bits per heavy atom. The minimum absolute atomic E-state index is 0.0417. The summed E-state index contributed by atoms with van der Waals surface area (Å²) in [5.74, 6) is 0. The second kappa shape index (κ2) is 2.59. The third kappa shape index (κ3) is 1.02. The highest BCUT2D eigenvalue weighted by molar-refractivity contribution is 5.06. The molecule has 1 aliphatic carbocycles. The molecular weight excluding hydrogens is 124 g/mol. The first-order chi connectivity index (χ1) is 4.71. The van der Waals surface area contributed by atoms with Gasteiger partial charge in [0.15, 0.2) is 0 Å². The fourth-order valence-corrected chi connectivity index (χ4v) is 1.67. The molecule has 0 aliphatic heterocycles. The van der Waals surface area contributed by atoms with Crippen molar-refractivity contribution in [3.8, 4) is 6.07 Å². The third-order valence-corrected chi connectivity index (χ3v) is 2.59. The van der Waals surface area contributed by atoms with Crippen LogP contribution in [0.15, 0.2) is 0 Å². The Morgan fingerprint density at radius 3 is 2.20 bits per heavy atom. The molecule has 1 saturated carbocycles. The Kier molecular flexibility index (Phi) is 1.96. The van der Waals surface area contributed by atoms with Crippen molar-refractivity contribution >= 4 is 0 Å². The van der Waals surface area contributed by atoms with Crippen molar-refractivity contribution in [2.45, 2.75) is 38.6 Å². The molecule has 1 atom stereocenters. The number of nitrogens with zero attached hydrogens (tertiary/aromatic N) is 1. The smallest absolute Gasteiger partial charge is 0.0721 e. The first kappa shape index (κ1) is 7.56. The minimum atomic E-state index is -0.181. The normalized spacial score (nSPS) is 25.7. The summed E-state index contributed by atoms with van der Waals surface area (Å²) >= 11 is 0. The van der Waals surface area contributed by atoms with Crippen molar-refractivity contribution in [2.24, 2.45) is 11.1 Å². The van der Waals surface area contributed by atoms with Crippen LogP contribution in [0.3, 0.4) is 0 Å². The van der Waals surface area contributed by atoms with Crippen LogP contribution in [0.25, 0.3) is 0 Å². The molecule has 0 saturated heterocycles. The van der Waals surface area contributed by atoms with Gasteiger partial charge in [0.05, 0.1) is 11.5 Å². The van der Waals surface area contributed by atoms with Crippen molar-refractivity contribution in [1.29, 1.82) is 5.26 Å². The van der Waals surface area contributed by atoms with E-state index in [1.807, 2.05) is 6.92 Å². The van der Waals surface area contributed by atoms with E-state index in [4.69, 9.17) is 11.0 Å². The standard InChI is InChI=1S/C8H14N2/c1-7(10)8(6-9)4-2-3-5-8/h7H,2-5,10H2,1H3/t7-/m0/s1. The van der Waals surface area contributed by atoms with E-state index < -0.39 is 0 Å². The van der Waals surface area contributed by atoms with Crippen molar-refractivity contribution in [2.75, 3.05) is 0 Å². The average molecular weight is 138 g/mol. The first-order valence-corrected chi connectivity index (χ1v) is 3.88. The molecule has 10 heavy (non-hydrogen) atoms. The number of rotatable bonds is 1. The van der Waals surface area contributed by atoms with Gasteiger partial charge in [-0.15, -0.1) is 0 Å². The maximum atomic E-state index is 8.86. The van der Waals surface area contributed by atoms with E-state index in [0.29, 0.717) is 0 Å². The van der Waals surface area contributed by atoms with Crippen molar-refractivity contribution in [3.05, 3.63) is 0 Å². The fraction of sp³-hybridized carbons (Fsp3) is 0.875. The summed E-state index contributed by atoms with van der Waals surface area (Å²) in [6.07, 6.45) is 4.35.